The molecule has 0 aliphatic heterocycles. The van der Waals surface area contributed by atoms with Crippen LogP contribution in [0.1, 0.15) is 32.0 Å². The molecule has 0 radical (unpaired) electrons. The molecule has 4 rings (SSSR count). The second-order valence-electron chi connectivity index (χ2n) is 7.12. The molecule has 4 aromatic rings. The molecule has 0 unspecified atom stereocenters. The van der Waals surface area contributed by atoms with E-state index in [2.05, 4.69) is 26.4 Å². The number of nitrogen functional groups attached to an aromatic ring is 1. The van der Waals surface area contributed by atoms with Crippen LogP contribution < -0.4 is 5.73 Å². The minimum atomic E-state index is -1.27. The van der Waals surface area contributed by atoms with Gasteiger partial charge in [-0.3, -0.25) is 0 Å². The van der Waals surface area contributed by atoms with Crippen LogP contribution in [0.4, 0.5) is 5.82 Å². The molecular formula is C20H19N7O2. The number of imidazole rings is 1. The van der Waals surface area contributed by atoms with E-state index in [9.17, 15) is 10.4 Å². The van der Waals surface area contributed by atoms with Crippen LogP contribution >= 0.6 is 0 Å². The van der Waals surface area contributed by atoms with Gasteiger partial charge in [0.25, 0.3) is 0 Å². The molecule has 9 heteroatoms. The summed E-state index contributed by atoms with van der Waals surface area (Å²) in [6.07, 6.45) is 0. The fraction of sp³-hybridized carbons (Fsp3) is 0.250. The normalized spacial score (nSPS) is 11.7. The largest absolute Gasteiger partial charge is 0.384 e. The van der Waals surface area contributed by atoms with E-state index in [1.165, 1.54) is 0 Å². The highest BCUT2D eigenvalue weighted by atomic mass is 16.6. The highest BCUT2D eigenvalue weighted by Crippen LogP contribution is 2.35. The maximum Gasteiger partial charge on any atom is 0.199 e. The Bertz CT molecular complexity index is 1260. The number of benzene rings is 1. The lowest BCUT2D eigenvalue weighted by molar-refractivity contribution is 0.0755. The van der Waals surface area contributed by atoms with E-state index >= 15 is 0 Å². The molecule has 3 heterocycles. The number of aromatic nitrogens is 5. The van der Waals surface area contributed by atoms with Crippen LogP contribution in [0.2, 0.25) is 0 Å². The Kier molecular flexibility index (Phi) is 4.28. The summed E-state index contributed by atoms with van der Waals surface area (Å²) in [5, 5.41) is 27.8. The molecule has 146 valence electrons. The molecule has 1 aromatic carbocycles. The summed E-state index contributed by atoms with van der Waals surface area (Å²) < 4.78 is 6.64. The number of aliphatic hydroxyl groups is 1. The van der Waals surface area contributed by atoms with Crippen molar-refractivity contribution < 1.29 is 9.74 Å². The minimum Gasteiger partial charge on any atom is -0.384 e. The third-order valence-electron chi connectivity index (χ3n) is 4.68. The lowest BCUT2D eigenvalue weighted by atomic mass is 9.99. The van der Waals surface area contributed by atoms with E-state index < -0.39 is 5.60 Å². The zero-order chi connectivity index (χ0) is 20.8. The van der Waals surface area contributed by atoms with Crippen molar-refractivity contribution in [3.63, 3.8) is 0 Å². The SMILES string of the molecule is CCn1c(-c2nonc2N)nc2c(C(C)(C)O)nc(-c3ccccc3C#N)cc21. The molecule has 3 aromatic heterocycles. The van der Waals surface area contributed by atoms with Crippen molar-refractivity contribution in [3.05, 3.63) is 41.6 Å². The van der Waals surface area contributed by atoms with Gasteiger partial charge < -0.3 is 15.4 Å². The Morgan fingerprint density at radius 3 is 2.62 bits per heavy atom. The zero-order valence-corrected chi connectivity index (χ0v) is 16.2. The summed E-state index contributed by atoms with van der Waals surface area (Å²) in [6.45, 7) is 5.81. The Hall–Kier alpha value is -3.77. The van der Waals surface area contributed by atoms with E-state index in [1.807, 2.05) is 29.7 Å². The van der Waals surface area contributed by atoms with Crippen molar-refractivity contribution >= 4 is 16.9 Å². The zero-order valence-electron chi connectivity index (χ0n) is 16.2. The van der Waals surface area contributed by atoms with Crippen molar-refractivity contribution in [2.45, 2.75) is 32.9 Å². The molecule has 0 atom stereocenters. The predicted octanol–water partition coefficient (Wildman–Crippen LogP) is 2.85. The highest BCUT2D eigenvalue weighted by molar-refractivity contribution is 5.87. The van der Waals surface area contributed by atoms with Crippen LogP contribution in [-0.2, 0) is 12.1 Å². The van der Waals surface area contributed by atoms with Crippen LogP contribution in [0.5, 0.6) is 0 Å². The molecular weight excluding hydrogens is 370 g/mol. The number of hydrogen-bond acceptors (Lipinski definition) is 8. The summed E-state index contributed by atoms with van der Waals surface area (Å²) >= 11 is 0. The van der Waals surface area contributed by atoms with E-state index in [4.69, 9.17) is 10.4 Å². The van der Waals surface area contributed by atoms with E-state index in [-0.39, 0.29) is 5.82 Å². The first-order valence-corrected chi connectivity index (χ1v) is 9.07. The van der Waals surface area contributed by atoms with Gasteiger partial charge in [0, 0.05) is 12.1 Å². The third kappa shape index (κ3) is 2.99. The van der Waals surface area contributed by atoms with Crippen LogP contribution in [0.3, 0.4) is 0 Å². The first kappa shape index (κ1) is 18.6. The predicted molar refractivity (Wildman–Crippen MR) is 106 cm³/mol. The van der Waals surface area contributed by atoms with Gasteiger partial charge in [-0.1, -0.05) is 18.2 Å². The Morgan fingerprint density at radius 2 is 2.00 bits per heavy atom. The lowest BCUT2D eigenvalue weighted by Gasteiger charge is -2.18. The van der Waals surface area contributed by atoms with Gasteiger partial charge in [-0.25, -0.2) is 14.6 Å². The highest BCUT2D eigenvalue weighted by Gasteiger charge is 2.28. The van der Waals surface area contributed by atoms with Crippen molar-refractivity contribution in [2.75, 3.05) is 5.73 Å². The fourth-order valence-corrected chi connectivity index (χ4v) is 3.34. The maximum atomic E-state index is 10.8. The smallest absolute Gasteiger partial charge is 0.199 e. The Labute approximate surface area is 166 Å². The first-order chi connectivity index (χ1) is 13.8. The molecule has 0 saturated carbocycles. The van der Waals surface area contributed by atoms with Crippen molar-refractivity contribution in [2.24, 2.45) is 0 Å². The number of anilines is 1. The van der Waals surface area contributed by atoms with Crippen molar-refractivity contribution in [1.29, 1.82) is 5.26 Å². The van der Waals surface area contributed by atoms with Crippen LogP contribution in [0, 0.1) is 11.3 Å². The number of fused-ring (bicyclic) bond motifs is 1. The van der Waals surface area contributed by atoms with Gasteiger partial charge in [0.2, 0.25) is 0 Å². The van der Waals surface area contributed by atoms with Crippen LogP contribution in [-0.4, -0.2) is 30.0 Å². The molecule has 29 heavy (non-hydrogen) atoms. The van der Waals surface area contributed by atoms with Gasteiger partial charge in [-0.05, 0) is 43.2 Å². The number of hydrogen-bond donors (Lipinski definition) is 2. The Balaban J connectivity index is 2.10. The monoisotopic (exact) mass is 389 g/mol. The average Bonchev–Trinajstić information content (AvgIpc) is 3.28. The molecule has 3 N–H and O–H groups in total. The third-order valence-corrected chi connectivity index (χ3v) is 4.68. The summed E-state index contributed by atoms with van der Waals surface area (Å²) in [5.74, 6) is 0.599. The summed E-state index contributed by atoms with van der Waals surface area (Å²) in [4.78, 5) is 9.34. The quantitative estimate of drug-likeness (QED) is 0.543. The number of rotatable bonds is 4. The van der Waals surface area contributed by atoms with Crippen LogP contribution in [0.15, 0.2) is 35.0 Å². The van der Waals surface area contributed by atoms with Gasteiger partial charge in [0.15, 0.2) is 17.3 Å². The van der Waals surface area contributed by atoms with Gasteiger partial charge in [-0.2, -0.15) is 5.26 Å². The second-order valence-corrected chi connectivity index (χ2v) is 7.12. The van der Waals surface area contributed by atoms with Crippen molar-refractivity contribution in [1.82, 2.24) is 24.8 Å². The molecule has 0 fully saturated rings. The van der Waals surface area contributed by atoms with E-state index in [1.54, 1.807) is 26.0 Å². The molecule has 9 nitrogen and oxygen atoms in total. The average molecular weight is 389 g/mol. The molecule has 0 aliphatic rings. The fourth-order valence-electron chi connectivity index (χ4n) is 3.34. The number of nitriles is 1. The number of nitrogens with two attached hydrogens (primary N) is 1. The molecule has 0 amide bonds. The molecule has 0 spiro atoms. The number of aryl methyl sites for hydroxylation is 1. The summed E-state index contributed by atoms with van der Waals surface area (Å²) in [6, 6.07) is 11.2. The lowest BCUT2D eigenvalue weighted by Crippen LogP contribution is -2.18. The van der Waals surface area contributed by atoms with Gasteiger partial charge >= 0.3 is 0 Å². The van der Waals surface area contributed by atoms with Gasteiger partial charge in [-0.15, -0.1) is 0 Å². The molecule has 0 bridgehead atoms. The van der Waals surface area contributed by atoms with E-state index in [0.717, 1.165) is 5.52 Å². The second kappa shape index (κ2) is 6.68. The van der Waals surface area contributed by atoms with Gasteiger partial charge in [0.05, 0.1) is 28.5 Å². The minimum absolute atomic E-state index is 0.128. The molecule has 0 saturated heterocycles. The van der Waals surface area contributed by atoms with Gasteiger partial charge in [0.1, 0.15) is 11.1 Å². The van der Waals surface area contributed by atoms with Crippen molar-refractivity contribution in [3.8, 4) is 28.8 Å². The standard InChI is InChI=1S/C20H19N7O2/c1-4-27-14-9-13(12-8-6-5-7-11(12)10-21)23-17(20(2,3)28)15(14)24-19(27)16-18(22)26-29-25-16/h5-9,28H,4H2,1-3H3,(H2,22,26). The summed E-state index contributed by atoms with van der Waals surface area (Å²) in [5.41, 5.74) is 8.32. The number of pyridine rings is 1. The van der Waals surface area contributed by atoms with E-state index in [0.29, 0.717) is 46.1 Å². The first-order valence-electron chi connectivity index (χ1n) is 9.07. The maximum absolute atomic E-state index is 10.8. The molecule has 0 aliphatic carbocycles. The summed E-state index contributed by atoms with van der Waals surface area (Å²) in [7, 11) is 0. The van der Waals surface area contributed by atoms with Crippen LogP contribution in [0.25, 0.3) is 33.8 Å². The Morgan fingerprint density at radius 1 is 1.24 bits per heavy atom. The number of nitrogens with zero attached hydrogens (tertiary/aromatic N) is 6. The topological polar surface area (TPSA) is 140 Å².